The van der Waals surface area contributed by atoms with E-state index in [9.17, 15) is 9.59 Å². The fourth-order valence-corrected chi connectivity index (χ4v) is 1.89. The predicted molar refractivity (Wildman–Crippen MR) is 71.7 cm³/mol. The van der Waals surface area contributed by atoms with Gasteiger partial charge in [-0.05, 0) is 25.0 Å². The molecule has 1 aliphatic heterocycles. The van der Waals surface area contributed by atoms with Crippen molar-refractivity contribution >= 4 is 11.8 Å². The summed E-state index contributed by atoms with van der Waals surface area (Å²) in [5.74, 6) is 4.65. The number of carbonyl (C=O) groups excluding carboxylic acids is 2. The Balaban J connectivity index is 2.00. The Morgan fingerprint density at radius 2 is 2.40 bits per heavy atom. The second kappa shape index (κ2) is 6.68. The summed E-state index contributed by atoms with van der Waals surface area (Å²) in [5.41, 5.74) is 0.851. The third-order valence-electron chi connectivity index (χ3n) is 2.90. The summed E-state index contributed by atoms with van der Waals surface area (Å²) in [5, 5.41) is 13.9. The number of piperidine rings is 1. The Morgan fingerprint density at radius 1 is 1.55 bits per heavy atom. The lowest BCUT2D eigenvalue weighted by atomic mass is 10.1. The summed E-state index contributed by atoms with van der Waals surface area (Å²) in [4.78, 5) is 27.5. The molecule has 2 heterocycles. The molecule has 1 atom stereocenters. The molecule has 2 rings (SSSR count). The molecule has 1 aromatic heterocycles. The van der Waals surface area contributed by atoms with Crippen LogP contribution in [0, 0.1) is 11.8 Å². The van der Waals surface area contributed by atoms with Gasteiger partial charge < -0.3 is 15.7 Å². The van der Waals surface area contributed by atoms with Crippen LogP contribution in [-0.4, -0.2) is 41.1 Å². The van der Waals surface area contributed by atoms with Crippen molar-refractivity contribution in [3.8, 4) is 11.8 Å². The normalized spacial score (nSPS) is 17.6. The van der Waals surface area contributed by atoms with E-state index in [2.05, 4.69) is 27.5 Å². The molecule has 0 aliphatic carbocycles. The second-order valence-electron chi connectivity index (χ2n) is 4.35. The van der Waals surface area contributed by atoms with Gasteiger partial charge in [-0.2, -0.15) is 0 Å². The van der Waals surface area contributed by atoms with E-state index in [-0.39, 0.29) is 24.1 Å². The van der Waals surface area contributed by atoms with Crippen LogP contribution in [0.1, 0.15) is 28.9 Å². The average Bonchev–Trinajstić information content (AvgIpc) is 2.48. The van der Waals surface area contributed by atoms with E-state index in [1.165, 1.54) is 12.3 Å². The molecule has 6 nitrogen and oxygen atoms in total. The van der Waals surface area contributed by atoms with Gasteiger partial charge in [0.2, 0.25) is 5.91 Å². The number of rotatable bonds is 2. The number of amides is 2. The van der Waals surface area contributed by atoms with E-state index in [4.69, 9.17) is 5.11 Å². The first-order valence-electron chi connectivity index (χ1n) is 6.35. The van der Waals surface area contributed by atoms with Gasteiger partial charge in [-0.25, -0.2) is 4.98 Å². The van der Waals surface area contributed by atoms with Crippen molar-refractivity contribution in [1.29, 1.82) is 0 Å². The zero-order valence-electron chi connectivity index (χ0n) is 10.8. The van der Waals surface area contributed by atoms with E-state index in [1.54, 1.807) is 6.07 Å². The van der Waals surface area contributed by atoms with Gasteiger partial charge in [0.1, 0.15) is 18.3 Å². The molecule has 1 saturated heterocycles. The van der Waals surface area contributed by atoms with Gasteiger partial charge >= 0.3 is 0 Å². The molecule has 1 fully saturated rings. The maximum atomic E-state index is 12.0. The van der Waals surface area contributed by atoms with Crippen LogP contribution >= 0.6 is 0 Å². The number of nitrogens with one attached hydrogen (secondary N) is 2. The lowest BCUT2D eigenvalue weighted by molar-refractivity contribution is -0.124. The Hall–Kier alpha value is -2.39. The van der Waals surface area contributed by atoms with Crippen molar-refractivity contribution in [2.75, 3.05) is 13.2 Å². The number of aliphatic hydroxyl groups excluding tert-OH is 1. The Bertz CT molecular complexity index is 557. The summed E-state index contributed by atoms with van der Waals surface area (Å²) in [6.45, 7) is 0.431. The van der Waals surface area contributed by atoms with Crippen molar-refractivity contribution in [2.45, 2.75) is 18.9 Å². The number of carbonyl (C=O) groups is 2. The zero-order chi connectivity index (χ0) is 14.4. The number of aliphatic hydroxyl groups is 1. The lowest BCUT2D eigenvalue weighted by Crippen LogP contribution is -2.50. The highest BCUT2D eigenvalue weighted by Gasteiger charge is 2.24. The molecule has 0 spiro atoms. The average molecular weight is 273 g/mol. The SMILES string of the molecule is O=C(NC1CCCNC1=O)c1ccc(C#CCO)cn1. The molecule has 0 saturated carbocycles. The van der Waals surface area contributed by atoms with Gasteiger partial charge in [-0.15, -0.1) is 0 Å². The molecule has 0 radical (unpaired) electrons. The fraction of sp³-hybridized carbons (Fsp3) is 0.357. The summed E-state index contributed by atoms with van der Waals surface area (Å²) in [6, 6.07) is 2.69. The van der Waals surface area contributed by atoms with Gasteiger partial charge in [0, 0.05) is 18.3 Å². The van der Waals surface area contributed by atoms with Gasteiger partial charge in [0.25, 0.3) is 5.91 Å². The van der Waals surface area contributed by atoms with Crippen LogP contribution in [0.3, 0.4) is 0 Å². The topological polar surface area (TPSA) is 91.3 Å². The summed E-state index contributed by atoms with van der Waals surface area (Å²) >= 11 is 0. The van der Waals surface area contributed by atoms with Crippen molar-refractivity contribution in [3.05, 3.63) is 29.6 Å². The minimum Gasteiger partial charge on any atom is -0.384 e. The van der Waals surface area contributed by atoms with Gasteiger partial charge in [0.05, 0.1) is 0 Å². The molecule has 1 aliphatic rings. The molecule has 2 amide bonds. The monoisotopic (exact) mass is 273 g/mol. The lowest BCUT2D eigenvalue weighted by Gasteiger charge is -2.22. The highest BCUT2D eigenvalue weighted by atomic mass is 16.2. The summed E-state index contributed by atoms with van der Waals surface area (Å²) in [7, 11) is 0. The number of nitrogens with zero attached hydrogens (tertiary/aromatic N) is 1. The van der Waals surface area contributed by atoms with Gasteiger partial charge in [0.15, 0.2) is 0 Å². The molecule has 1 aromatic rings. The van der Waals surface area contributed by atoms with Gasteiger partial charge in [-0.1, -0.05) is 11.8 Å². The van der Waals surface area contributed by atoms with Crippen LogP contribution in [0.25, 0.3) is 0 Å². The number of pyridine rings is 1. The highest BCUT2D eigenvalue weighted by molar-refractivity contribution is 5.96. The van der Waals surface area contributed by atoms with Crippen LogP contribution in [0.2, 0.25) is 0 Å². The van der Waals surface area contributed by atoms with E-state index in [1.807, 2.05) is 0 Å². The molecule has 0 bridgehead atoms. The molecule has 20 heavy (non-hydrogen) atoms. The van der Waals surface area contributed by atoms with Crippen molar-refractivity contribution < 1.29 is 14.7 Å². The van der Waals surface area contributed by atoms with E-state index in [0.717, 1.165) is 6.42 Å². The molecular weight excluding hydrogens is 258 g/mol. The van der Waals surface area contributed by atoms with Crippen molar-refractivity contribution in [2.24, 2.45) is 0 Å². The van der Waals surface area contributed by atoms with E-state index in [0.29, 0.717) is 18.5 Å². The first-order chi connectivity index (χ1) is 9.70. The molecular formula is C14H15N3O3. The van der Waals surface area contributed by atoms with Crippen LogP contribution in [0.4, 0.5) is 0 Å². The standard InChI is InChI=1S/C14H15N3O3/c18-8-2-3-10-5-6-11(16-9-10)14(20)17-12-4-1-7-15-13(12)19/h5-6,9,12,18H,1,4,7-8H2,(H,15,19)(H,17,20). The smallest absolute Gasteiger partial charge is 0.270 e. The number of hydrogen-bond acceptors (Lipinski definition) is 4. The molecule has 1 unspecified atom stereocenters. The van der Waals surface area contributed by atoms with E-state index < -0.39 is 6.04 Å². The number of aromatic nitrogens is 1. The van der Waals surface area contributed by atoms with E-state index >= 15 is 0 Å². The third kappa shape index (κ3) is 3.56. The first kappa shape index (κ1) is 14.0. The van der Waals surface area contributed by atoms with Crippen molar-refractivity contribution in [1.82, 2.24) is 15.6 Å². The third-order valence-corrected chi connectivity index (χ3v) is 2.90. The zero-order valence-corrected chi connectivity index (χ0v) is 10.8. The quantitative estimate of drug-likeness (QED) is 0.630. The maximum Gasteiger partial charge on any atom is 0.270 e. The molecule has 6 heteroatoms. The minimum absolute atomic E-state index is 0.157. The second-order valence-corrected chi connectivity index (χ2v) is 4.35. The fourth-order valence-electron chi connectivity index (χ4n) is 1.89. The highest BCUT2D eigenvalue weighted by Crippen LogP contribution is 2.05. The Labute approximate surface area is 116 Å². The van der Waals surface area contributed by atoms with Gasteiger partial charge in [-0.3, -0.25) is 9.59 Å². The summed E-state index contributed by atoms with van der Waals surface area (Å²) < 4.78 is 0. The predicted octanol–water partition coefficient (Wildman–Crippen LogP) is -0.566. The Morgan fingerprint density at radius 3 is 3.05 bits per heavy atom. The number of hydrogen-bond donors (Lipinski definition) is 3. The largest absolute Gasteiger partial charge is 0.384 e. The van der Waals surface area contributed by atoms with Crippen LogP contribution in [0.5, 0.6) is 0 Å². The minimum atomic E-state index is -0.494. The Kier molecular flexibility index (Phi) is 4.69. The van der Waals surface area contributed by atoms with Crippen molar-refractivity contribution in [3.63, 3.8) is 0 Å². The molecule has 104 valence electrons. The van der Waals surface area contributed by atoms with Crippen LogP contribution in [0.15, 0.2) is 18.3 Å². The first-order valence-corrected chi connectivity index (χ1v) is 6.35. The van der Waals surface area contributed by atoms with Crippen LogP contribution < -0.4 is 10.6 Å². The molecule has 3 N–H and O–H groups in total. The maximum absolute atomic E-state index is 12.0. The summed E-state index contributed by atoms with van der Waals surface area (Å²) in [6.07, 6.45) is 2.94. The molecule has 0 aromatic carbocycles. The van der Waals surface area contributed by atoms with Crippen LogP contribution in [-0.2, 0) is 4.79 Å².